The summed E-state index contributed by atoms with van der Waals surface area (Å²) in [6, 6.07) is 24.9. The molecule has 0 saturated heterocycles. The molecule has 3 aromatic carbocycles. The summed E-state index contributed by atoms with van der Waals surface area (Å²) >= 11 is 0. The zero-order valence-electron chi connectivity index (χ0n) is 21.9. The number of hydrogen-bond donors (Lipinski definition) is 4. The molecule has 11 heteroatoms. The van der Waals surface area contributed by atoms with E-state index in [-0.39, 0.29) is 13.2 Å². The molecule has 3 aromatic rings. The fraction of sp³-hybridized carbons (Fsp3) is 0.276. The van der Waals surface area contributed by atoms with Crippen LogP contribution in [-0.2, 0) is 4.74 Å². The fourth-order valence-corrected chi connectivity index (χ4v) is 3.45. The Balaban J connectivity index is 1.41. The molecule has 0 radical (unpaired) electrons. The Kier molecular flexibility index (Phi) is 12.8. The number of aliphatic hydroxyl groups excluding tert-OH is 1. The number of para-hydroxylation sites is 3. The van der Waals surface area contributed by atoms with E-state index in [9.17, 15) is 19.5 Å². The SMILES string of the molecule is O=C(NCCCCC(NC(=O)Oc1ccccc1)C(O)OCCNC(=O)Oc1ccccc1)Oc1ccccc1. The van der Waals surface area contributed by atoms with Crippen molar-refractivity contribution in [2.45, 2.75) is 31.6 Å². The van der Waals surface area contributed by atoms with Gasteiger partial charge in [-0.1, -0.05) is 54.6 Å². The Hall–Kier alpha value is -4.61. The van der Waals surface area contributed by atoms with Gasteiger partial charge in [0, 0.05) is 13.1 Å². The molecular weight excluding hydrogens is 518 g/mol. The third-order valence-electron chi connectivity index (χ3n) is 5.38. The molecule has 0 fully saturated rings. The molecular formula is C29H33N3O8. The molecule has 0 saturated carbocycles. The number of ether oxygens (including phenoxy) is 4. The van der Waals surface area contributed by atoms with Crippen LogP contribution in [0.5, 0.6) is 17.2 Å². The molecule has 3 rings (SSSR count). The summed E-state index contributed by atoms with van der Waals surface area (Å²) in [7, 11) is 0. The van der Waals surface area contributed by atoms with Crippen molar-refractivity contribution in [3.8, 4) is 17.2 Å². The maximum absolute atomic E-state index is 12.4. The topological polar surface area (TPSA) is 144 Å². The summed E-state index contributed by atoms with van der Waals surface area (Å²) in [5.41, 5.74) is 0. The van der Waals surface area contributed by atoms with Crippen molar-refractivity contribution < 1.29 is 38.4 Å². The van der Waals surface area contributed by atoms with E-state index in [1.54, 1.807) is 84.9 Å². The van der Waals surface area contributed by atoms with Gasteiger partial charge in [0.1, 0.15) is 17.2 Å². The first-order valence-electron chi connectivity index (χ1n) is 12.8. The Labute approximate surface area is 232 Å². The van der Waals surface area contributed by atoms with E-state index < -0.39 is 30.6 Å². The molecule has 3 amide bonds. The molecule has 0 aliphatic carbocycles. The number of amides is 3. The van der Waals surface area contributed by atoms with Gasteiger partial charge in [0.15, 0.2) is 6.29 Å². The monoisotopic (exact) mass is 551 g/mol. The van der Waals surface area contributed by atoms with Gasteiger partial charge in [0.05, 0.1) is 12.6 Å². The second-order valence-electron chi connectivity index (χ2n) is 8.47. The summed E-state index contributed by atoms with van der Waals surface area (Å²) in [6.45, 7) is 0.360. The van der Waals surface area contributed by atoms with Gasteiger partial charge in [-0.05, 0) is 55.7 Å². The van der Waals surface area contributed by atoms with Gasteiger partial charge in [-0.2, -0.15) is 0 Å². The van der Waals surface area contributed by atoms with Crippen molar-refractivity contribution in [1.82, 2.24) is 16.0 Å². The summed E-state index contributed by atoms with van der Waals surface area (Å²) < 4.78 is 21.0. The van der Waals surface area contributed by atoms with Crippen molar-refractivity contribution >= 4 is 18.3 Å². The number of unbranched alkanes of at least 4 members (excludes halogenated alkanes) is 1. The second-order valence-corrected chi connectivity index (χ2v) is 8.47. The number of hydrogen-bond acceptors (Lipinski definition) is 8. The van der Waals surface area contributed by atoms with Gasteiger partial charge in [0.25, 0.3) is 0 Å². The molecule has 2 unspecified atom stereocenters. The number of carbonyl (C=O) groups excluding carboxylic acids is 3. The lowest BCUT2D eigenvalue weighted by Gasteiger charge is -2.24. The van der Waals surface area contributed by atoms with Crippen LogP contribution in [0.15, 0.2) is 91.0 Å². The highest BCUT2D eigenvalue weighted by Gasteiger charge is 2.23. The van der Waals surface area contributed by atoms with Crippen molar-refractivity contribution in [2.75, 3.05) is 19.7 Å². The number of carbonyl (C=O) groups is 3. The number of nitrogens with one attached hydrogen (secondary N) is 3. The average molecular weight is 552 g/mol. The van der Waals surface area contributed by atoms with Gasteiger partial charge in [-0.15, -0.1) is 0 Å². The number of benzene rings is 3. The van der Waals surface area contributed by atoms with E-state index in [1.807, 2.05) is 6.07 Å². The van der Waals surface area contributed by atoms with Crippen LogP contribution >= 0.6 is 0 Å². The molecule has 11 nitrogen and oxygen atoms in total. The van der Waals surface area contributed by atoms with E-state index in [4.69, 9.17) is 18.9 Å². The lowest BCUT2D eigenvalue weighted by Crippen LogP contribution is -2.46. The van der Waals surface area contributed by atoms with Gasteiger partial charge in [-0.3, -0.25) is 0 Å². The van der Waals surface area contributed by atoms with Crippen LogP contribution in [0, 0.1) is 0 Å². The molecule has 212 valence electrons. The van der Waals surface area contributed by atoms with Gasteiger partial charge < -0.3 is 40.0 Å². The number of rotatable bonds is 14. The molecule has 4 N–H and O–H groups in total. The van der Waals surface area contributed by atoms with Crippen LogP contribution in [0.3, 0.4) is 0 Å². The molecule has 0 aromatic heterocycles. The van der Waals surface area contributed by atoms with E-state index in [2.05, 4.69) is 16.0 Å². The van der Waals surface area contributed by atoms with Gasteiger partial charge in [-0.25, -0.2) is 14.4 Å². The van der Waals surface area contributed by atoms with E-state index in [0.717, 1.165) is 0 Å². The summed E-state index contributed by atoms with van der Waals surface area (Å²) in [4.78, 5) is 36.3. The first-order chi connectivity index (χ1) is 19.5. The minimum atomic E-state index is -1.38. The minimum Gasteiger partial charge on any atom is -0.410 e. The zero-order valence-corrected chi connectivity index (χ0v) is 21.9. The Morgan fingerprint density at radius 1 is 0.625 bits per heavy atom. The molecule has 0 bridgehead atoms. The lowest BCUT2D eigenvalue weighted by molar-refractivity contribution is -0.118. The van der Waals surface area contributed by atoms with Crippen molar-refractivity contribution in [3.05, 3.63) is 91.0 Å². The predicted octanol–water partition coefficient (Wildman–Crippen LogP) is 4.23. The first kappa shape index (κ1) is 29.9. The summed E-state index contributed by atoms with van der Waals surface area (Å²) in [6.07, 6.45) is -1.97. The van der Waals surface area contributed by atoms with Gasteiger partial charge >= 0.3 is 18.3 Å². The molecule has 0 heterocycles. The maximum atomic E-state index is 12.4. The van der Waals surface area contributed by atoms with Crippen molar-refractivity contribution in [3.63, 3.8) is 0 Å². The summed E-state index contributed by atoms with van der Waals surface area (Å²) in [5, 5.41) is 18.4. The van der Waals surface area contributed by atoms with Crippen LogP contribution in [0.4, 0.5) is 14.4 Å². The standard InChI is InChI=1S/C29H33N3O8/c33-26(37-21-20-31-28(35)39-23-14-6-2-7-15-23)25(32-29(36)40-24-16-8-3-9-17-24)18-10-11-19-30-27(34)38-22-12-4-1-5-13-22/h1-9,12-17,25-26,33H,10-11,18-21H2,(H,30,34)(H,31,35)(H,32,36). The molecule has 0 aliphatic heterocycles. The third-order valence-corrected chi connectivity index (χ3v) is 5.38. The smallest absolute Gasteiger partial charge is 0.410 e. The third kappa shape index (κ3) is 11.8. The predicted molar refractivity (Wildman–Crippen MR) is 146 cm³/mol. The van der Waals surface area contributed by atoms with Crippen molar-refractivity contribution in [2.24, 2.45) is 0 Å². The van der Waals surface area contributed by atoms with Crippen molar-refractivity contribution in [1.29, 1.82) is 0 Å². The van der Waals surface area contributed by atoms with E-state index in [0.29, 0.717) is 43.1 Å². The van der Waals surface area contributed by atoms with E-state index in [1.165, 1.54) is 0 Å². The van der Waals surface area contributed by atoms with Crippen LogP contribution in [0.25, 0.3) is 0 Å². The highest BCUT2D eigenvalue weighted by molar-refractivity contribution is 5.71. The largest absolute Gasteiger partial charge is 0.412 e. The average Bonchev–Trinajstić information content (AvgIpc) is 2.96. The van der Waals surface area contributed by atoms with Crippen LogP contribution in [-0.4, -0.2) is 55.4 Å². The number of aliphatic hydroxyl groups is 1. The van der Waals surface area contributed by atoms with Crippen LogP contribution < -0.4 is 30.2 Å². The molecule has 0 aliphatic rings. The fourth-order valence-electron chi connectivity index (χ4n) is 3.45. The zero-order chi connectivity index (χ0) is 28.4. The molecule has 0 spiro atoms. The molecule has 40 heavy (non-hydrogen) atoms. The normalized spacial score (nSPS) is 11.9. The molecule has 2 atom stereocenters. The lowest BCUT2D eigenvalue weighted by atomic mass is 10.1. The van der Waals surface area contributed by atoms with E-state index >= 15 is 0 Å². The van der Waals surface area contributed by atoms with Crippen LogP contribution in [0.1, 0.15) is 19.3 Å². The van der Waals surface area contributed by atoms with Gasteiger partial charge in [0.2, 0.25) is 0 Å². The first-order valence-corrected chi connectivity index (χ1v) is 12.8. The summed E-state index contributed by atoms with van der Waals surface area (Å²) in [5.74, 6) is 1.17. The van der Waals surface area contributed by atoms with Crippen LogP contribution in [0.2, 0.25) is 0 Å². The second kappa shape index (κ2) is 17.1. The Bertz CT molecular complexity index is 1170. The highest BCUT2D eigenvalue weighted by atomic mass is 16.6. The Morgan fingerprint density at radius 2 is 1.07 bits per heavy atom. The maximum Gasteiger partial charge on any atom is 0.412 e. The quantitative estimate of drug-likeness (QED) is 0.172. The minimum absolute atomic E-state index is 0.0378. The Morgan fingerprint density at radius 3 is 1.57 bits per heavy atom. The highest BCUT2D eigenvalue weighted by Crippen LogP contribution is 2.12.